The summed E-state index contributed by atoms with van der Waals surface area (Å²) in [4.78, 5) is 35.9. The average molecular weight is 499 g/mol. The SMILES string of the molecule is CC1=C(C)C(/C=c2/[nH]/c(=C(\c3[nH]c(/C=C4/NC(=O)C(C)=C4C)c(C)c3C)C(C)(C)C)c(C)c2C)=NC1=O. The van der Waals surface area contributed by atoms with Crippen molar-refractivity contribution in [2.24, 2.45) is 10.4 Å². The Hall–Kier alpha value is -3.67. The van der Waals surface area contributed by atoms with E-state index < -0.39 is 0 Å². The van der Waals surface area contributed by atoms with Crippen molar-refractivity contribution in [3.05, 3.63) is 72.3 Å². The smallest absolute Gasteiger partial charge is 0.273 e. The summed E-state index contributed by atoms with van der Waals surface area (Å²) in [5.74, 6) is -0.202. The molecule has 2 aliphatic rings. The van der Waals surface area contributed by atoms with E-state index in [2.05, 4.69) is 68.7 Å². The van der Waals surface area contributed by atoms with Crippen molar-refractivity contribution >= 4 is 35.3 Å². The highest BCUT2D eigenvalue weighted by atomic mass is 16.2. The molecule has 2 aromatic heterocycles. The Morgan fingerprint density at radius 3 is 1.89 bits per heavy atom. The van der Waals surface area contributed by atoms with Gasteiger partial charge in [0.15, 0.2) is 0 Å². The lowest BCUT2D eigenvalue weighted by Gasteiger charge is -2.23. The third-order valence-electron chi connectivity index (χ3n) is 8.07. The van der Waals surface area contributed by atoms with Gasteiger partial charge >= 0.3 is 0 Å². The lowest BCUT2D eigenvalue weighted by molar-refractivity contribution is -0.116. The van der Waals surface area contributed by atoms with E-state index in [-0.39, 0.29) is 17.2 Å². The molecule has 2 aromatic rings. The number of allylic oxidation sites excluding steroid dienone is 2. The zero-order valence-corrected chi connectivity index (χ0v) is 23.9. The first-order valence-electron chi connectivity index (χ1n) is 12.8. The third-order valence-corrected chi connectivity index (χ3v) is 8.07. The van der Waals surface area contributed by atoms with Crippen molar-refractivity contribution in [1.82, 2.24) is 15.3 Å². The molecular formula is C31H38N4O2. The number of carbonyl (C=O) groups excluding carboxylic acids is 2. The lowest BCUT2D eigenvalue weighted by atomic mass is 9.82. The zero-order chi connectivity index (χ0) is 27.6. The predicted octanol–water partition coefficient (Wildman–Crippen LogP) is 4.73. The maximum atomic E-state index is 12.2. The molecule has 0 atom stereocenters. The van der Waals surface area contributed by atoms with Crippen LogP contribution < -0.4 is 16.0 Å². The molecule has 0 radical (unpaired) electrons. The molecule has 2 aliphatic heterocycles. The van der Waals surface area contributed by atoms with Gasteiger partial charge in [-0.05, 0) is 106 Å². The second-order valence-electron chi connectivity index (χ2n) is 11.4. The summed E-state index contributed by atoms with van der Waals surface area (Å²) in [5.41, 5.74) is 12.6. The summed E-state index contributed by atoms with van der Waals surface area (Å²) >= 11 is 0. The van der Waals surface area contributed by atoms with Gasteiger partial charge in [0.25, 0.3) is 11.8 Å². The quantitative estimate of drug-likeness (QED) is 0.571. The topological polar surface area (TPSA) is 90.1 Å². The van der Waals surface area contributed by atoms with Gasteiger partial charge in [0.1, 0.15) is 0 Å². The summed E-state index contributed by atoms with van der Waals surface area (Å²) in [6.45, 7) is 22.8. The van der Waals surface area contributed by atoms with Gasteiger partial charge in [-0.1, -0.05) is 20.8 Å². The highest BCUT2D eigenvalue weighted by molar-refractivity contribution is 6.30. The van der Waals surface area contributed by atoms with Crippen LogP contribution in [-0.2, 0) is 9.59 Å². The third kappa shape index (κ3) is 4.39. The number of nitrogens with zero attached hydrogens (tertiary/aromatic N) is 1. The standard InChI is InChI=1S/C31H38N4O2/c1-14-18(5)27(32-22(14)12-24-16(3)20(7)29(36)34-24)26(31(9,10)11)28-19(6)15(2)23(33-28)13-25-17(4)21(8)30(37)35-25/h12-13,32-33H,1-11H3,(H,34,36)/b23-13+,24-12+,28-26+. The summed E-state index contributed by atoms with van der Waals surface area (Å²) in [6, 6.07) is 0. The number of carbonyl (C=O) groups is 2. The van der Waals surface area contributed by atoms with Crippen molar-refractivity contribution in [2.75, 3.05) is 0 Å². The van der Waals surface area contributed by atoms with Crippen LogP contribution in [0.4, 0.5) is 0 Å². The normalized spacial score (nSPS) is 19.1. The van der Waals surface area contributed by atoms with Crippen LogP contribution in [0.15, 0.2) is 33.0 Å². The number of hydrogen-bond donors (Lipinski definition) is 3. The van der Waals surface area contributed by atoms with Crippen LogP contribution >= 0.6 is 0 Å². The first-order valence-corrected chi connectivity index (χ1v) is 12.8. The molecule has 6 heteroatoms. The van der Waals surface area contributed by atoms with Crippen molar-refractivity contribution in [1.29, 1.82) is 0 Å². The minimum absolute atomic E-state index is 0.0399. The number of aliphatic imine (C=N–C) groups is 1. The molecular weight excluding hydrogens is 460 g/mol. The summed E-state index contributed by atoms with van der Waals surface area (Å²) in [6.07, 6.45) is 4.02. The number of amides is 2. The van der Waals surface area contributed by atoms with Gasteiger partial charge < -0.3 is 15.3 Å². The molecule has 0 aliphatic carbocycles. The molecule has 0 saturated heterocycles. The van der Waals surface area contributed by atoms with Gasteiger partial charge in [0, 0.05) is 44.5 Å². The Labute approximate surface area is 219 Å². The highest BCUT2D eigenvalue weighted by Gasteiger charge is 2.27. The van der Waals surface area contributed by atoms with Crippen LogP contribution in [0, 0.1) is 33.1 Å². The Morgan fingerprint density at radius 2 is 1.38 bits per heavy atom. The number of hydrogen-bond acceptors (Lipinski definition) is 2. The van der Waals surface area contributed by atoms with Crippen molar-refractivity contribution in [3.63, 3.8) is 0 Å². The van der Waals surface area contributed by atoms with Gasteiger partial charge in [0.2, 0.25) is 0 Å². The van der Waals surface area contributed by atoms with Crippen LogP contribution in [0.2, 0.25) is 0 Å². The molecule has 0 fully saturated rings. The van der Waals surface area contributed by atoms with E-state index >= 15 is 0 Å². The Morgan fingerprint density at radius 1 is 0.730 bits per heavy atom. The fraction of sp³-hybridized carbons (Fsp3) is 0.387. The van der Waals surface area contributed by atoms with E-state index in [0.717, 1.165) is 55.6 Å². The van der Waals surface area contributed by atoms with Gasteiger partial charge in [-0.2, -0.15) is 0 Å². The molecule has 6 nitrogen and oxygen atoms in total. The van der Waals surface area contributed by atoms with Crippen molar-refractivity contribution < 1.29 is 9.59 Å². The molecule has 4 heterocycles. The minimum Gasteiger partial charge on any atom is -0.355 e. The van der Waals surface area contributed by atoms with Crippen LogP contribution in [0.3, 0.4) is 0 Å². The molecule has 0 saturated carbocycles. The first-order chi connectivity index (χ1) is 17.1. The number of aromatic amines is 2. The molecule has 0 spiro atoms. The summed E-state index contributed by atoms with van der Waals surface area (Å²) in [7, 11) is 0. The molecule has 0 aromatic carbocycles. The molecule has 0 bridgehead atoms. The Balaban J connectivity index is 1.96. The lowest BCUT2D eigenvalue weighted by Crippen LogP contribution is -2.24. The molecule has 194 valence electrons. The number of rotatable bonds is 3. The van der Waals surface area contributed by atoms with Crippen LogP contribution in [0.5, 0.6) is 0 Å². The van der Waals surface area contributed by atoms with E-state index in [1.807, 2.05) is 39.8 Å². The van der Waals surface area contributed by atoms with E-state index in [9.17, 15) is 9.59 Å². The molecule has 37 heavy (non-hydrogen) atoms. The predicted molar refractivity (Wildman–Crippen MR) is 152 cm³/mol. The zero-order valence-electron chi connectivity index (χ0n) is 23.9. The monoisotopic (exact) mass is 498 g/mol. The van der Waals surface area contributed by atoms with E-state index in [1.165, 1.54) is 16.7 Å². The molecule has 4 rings (SSSR count). The number of nitrogens with one attached hydrogen (secondary N) is 3. The molecule has 3 N–H and O–H groups in total. The largest absolute Gasteiger partial charge is 0.355 e. The maximum Gasteiger partial charge on any atom is 0.273 e. The minimum atomic E-state index is -0.174. The second kappa shape index (κ2) is 9.02. The van der Waals surface area contributed by atoms with Gasteiger partial charge in [-0.15, -0.1) is 0 Å². The van der Waals surface area contributed by atoms with Gasteiger partial charge in [-0.25, -0.2) is 4.99 Å². The average Bonchev–Trinajstić information content (AvgIpc) is 3.42. The highest BCUT2D eigenvalue weighted by Crippen LogP contribution is 2.36. The van der Waals surface area contributed by atoms with Crippen molar-refractivity contribution in [3.8, 4) is 0 Å². The summed E-state index contributed by atoms with van der Waals surface area (Å²) < 4.78 is 0. The molecule has 0 unspecified atom stereocenters. The van der Waals surface area contributed by atoms with Crippen molar-refractivity contribution in [2.45, 2.75) is 76.2 Å². The Kier molecular flexibility index (Phi) is 6.43. The fourth-order valence-corrected chi connectivity index (χ4v) is 4.96. The van der Waals surface area contributed by atoms with Gasteiger partial charge in [0.05, 0.1) is 5.71 Å². The number of aromatic nitrogens is 2. The Bertz CT molecular complexity index is 1620. The maximum absolute atomic E-state index is 12.2. The van der Waals surface area contributed by atoms with Gasteiger partial charge in [-0.3, -0.25) is 9.59 Å². The second-order valence-corrected chi connectivity index (χ2v) is 11.4. The first kappa shape index (κ1) is 26.4. The van der Waals surface area contributed by atoms with E-state index in [1.54, 1.807) is 0 Å². The van der Waals surface area contributed by atoms with E-state index in [4.69, 9.17) is 0 Å². The molecule has 2 amide bonds. The van der Waals surface area contributed by atoms with Crippen LogP contribution in [-0.4, -0.2) is 27.5 Å². The van der Waals surface area contributed by atoms with Crippen LogP contribution in [0.1, 0.15) is 82.1 Å². The number of H-pyrrole nitrogens is 2. The summed E-state index contributed by atoms with van der Waals surface area (Å²) in [5, 5.41) is 5.02. The van der Waals surface area contributed by atoms with E-state index in [0.29, 0.717) is 11.3 Å². The fourth-order valence-electron chi connectivity index (χ4n) is 4.96. The van der Waals surface area contributed by atoms with Crippen LogP contribution in [0.25, 0.3) is 17.7 Å².